The van der Waals surface area contributed by atoms with Gasteiger partial charge in [-0.05, 0) is 85.1 Å². The van der Waals surface area contributed by atoms with Crippen molar-refractivity contribution in [3.8, 4) is 28.1 Å². The molecule has 0 spiro atoms. The van der Waals surface area contributed by atoms with E-state index in [-0.39, 0.29) is 11.7 Å². The van der Waals surface area contributed by atoms with Gasteiger partial charge in [-0.2, -0.15) is 5.10 Å². The van der Waals surface area contributed by atoms with Crippen molar-refractivity contribution in [2.24, 2.45) is 7.05 Å². The number of alkyl halides is 3. The van der Waals surface area contributed by atoms with Crippen LogP contribution in [0, 0.1) is 13.8 Å². The molecule has 3 aromatic carbocycles. The Hall–Kier alpha value is -5.19. The first-order valence-corrected chi connectivity index (χ1v) is 12.5. The number of hydrogen-bond acceptors (Lipinski definition) is 6. The van der Waals surface area contributed by atoms with Gasteiger partial charge in [0.15, 0.2) is 0 Å². The summed E-state index contributed by atoms with van der Waals surface area (Å²) >= 11 is 0. The van der Waals surface area contributed by atoms with E-state index in [9.17, 15) is 18.0 Å². The lowest BCUT2D eigenvalue weighted by molar-refractivity contribution is -0.274. The number of aromatic nitrogens is 4. The fourth-order valence-electron chi connectivity index (χ4n) is 4.14. The van der Waals surface area contributed by atoms with Gasteiger partial charge in [0.2, 0.25) is 5.95 Å². The number of carbonyl (C=O) groups excluding carboxylic acids is 1. The number of ether oxygens (including phenoxy) is 1. The molecule has 0 radical (unpaired) electrons. The largest absolute Gasteiger partial charge is 0.573 e. The summed E-state index contributed by atoms with van der Waals surface area (Å²) in [5, 5.41) is 10.3. The van der Waals surface area contributed by atoms with E-state index >= 15 is 0 Å². The van der Waals surface area contributed by atoms with Crippen LogP contribution in [-0.2, 0) is 7.05 Å². The van der Waals surface area contributed by atoms with Crippen molar-refractivity contribution in [2.75, 3.05) is 10.6 Å². The molecule has 208 valence electrons. The summed E-state index contributed by atoms with van der Waals surface area (Å²) in [5.41, 5.74) is 6.56. The fourth-order valence-corrected chi connectivity index (χ4v) is 4.14. The zero-order valence-corrected chi connectivity index (χ0v) is 22.3. The van der Waals surface area contributed by atoms with Crippen LogP contribution in [0.25, 0.3) is 22.4 Å². The summed E-state index contributed by atoms with van der Waals surface area (Å²) in [6, 6.07) is 18.2. The van der Waals surface area contributed by atoms with Crippen LogP contribution >= 0.6 is 0 Å². The van der Waals surface area contributed by atoms with Crippen molar-refractivity contribution < 1.29 is 22.7 Å². The summed E-state index contributed by atoms with van der Waals surface area (Å²) in [7, 11) is 1.85. The van der Waals surface area contributed by atoms with E-state index in [1.54, 1.807) is 48.3 Å². The standard InChI is InChI=1S/C30H25F3N6O2/c1-18-4-5-22(23-16-35-39(3)17-23)14-26(18)37-28(40)21-6-10-24(11-7-21)36-29-34-15-19(2)27(38-29)20-8-12-25(13-9-20)41-30(31,32)33/h4-17H,1-3H3,(H,37,40)(H,34,36,38). The molecule has 0 saturated heterocycles. The summed E-state index contributed by atoms with van der Waals surface area (Å²) in [6.07, 6.45) is 0.538. The lowest BCUT2D eigenvalue weighted by Crippen LogP contribution is -2.16. The third kappa shape index (κ3) is 6.70. The molecule has 2 N–H and O–H groups in total. The maximum atomic E-state index is 13.0. The van der Waals surface area contributed by atoms with Crippen molar-refractivity contribution in [3.05, 3.63) is 102 Å². The van der Waals surface area contributed by atoms with E-state index in [1.165, 1.54) is 24.3 Å². The SMILES string of the molecule is Cc1ccc(-c2cnn(C)c2)cc1NC(=O)c1ccc(Nc2ncc(C)c(-c3ccc(OC(F)(F)F)cc3)n2)cc1. The van der Waals surface area contributed by atoms with Gasteiger partial charge in [-0.3, -0.25) is 9.48 Å². The van der Waals surface area contributed by atoms with E-state index in [2.05, 4.69) is 30.4 Å². The molecule has 41 heavy (non-hydrogen) atoms. The van der Waals surface area contributed by atoms with Crippen molar-refractivity contribution in [3.63, 3.8) is 0 Å². The first kappa shape index (κ1) is 27.4. The number of carbonyl (C=O) groups is 1. The average molecular weight is 559 g/mol. The molecule has 0 saturated carbocycles. The van der Waals surface area contributed by atoms with Crippen LogP contribution < -0.4 is 15.4 Å². The van der Waals surface area contributed by atoms with Gasteiger partial charge in [0.1, 0.15) is 5.75 Å². The minimum Gasteiger partial charge on any atom is -0.406 e. The zero-order valence-electron chi connectivity index (χ0n) is 22.3. The molecule has 0 aliphatic carbocycles. The van der Waals surface area contributed by atoms with E-state index < -0.39 is 6.36 Å². The third-order valence-corrected chi connectivity index (χ3v) is 6.26. The van der Waals surface area contributed by atoms with Gasteiger partial charge < -0.3 is 15.4 Å². The highest BCUT2D eigenvalue weighted by Crippen LogP contribution is 2.29. The van der Waals surface area contributed by atoms with E-state index in [1.807, 2.05) is 38.4 Å². The van der Waals surface area contributed by atoms with Crippen LogP contribution in [0.4, 0.5) is 30.5 Å². The fraction of sp³-hybridized carbons (Fsp3) is 0.133. The molecular formula is C30H25F3N6O2. The molecule has 5 rings (SSSR count). The molecule has 0 atom stereocenters. The Balaban J connectivity index is 1.27. The van der Waals surface area contributed by atoms with Gasteiger partial charge in [-0.15, -0.1) is 13.2 Å². The Morgan fingerprint density at radius 3 is 2.24 bits per heavy atom. The number of halogens is 3. The quantitative estimate of drug-likeness (QED) is 0.222. The Bertz CT molecular complexity index is 1700. The third-order valence-electron chi connectivity index (χ3n) is 6.26. The molecule has 8 nitrogen and oxygen atoms in total. The van der Waals surface area contributed by atoms with Gasteiger partial charge in [0.05, 0.1) is 11.9 Å². The molecule has 0 bridgehead atoms. The van der Waals surface area contributed by atoms with Crippen molar-refractivity contribution >= 4 is 23.2 Å². The molecule has 1 amide bonds. The maximum absolute atomic E-state index is 13.0. The minimum absolute atomic E-state index is 0.255. The number of rotatable bonds is 7. The lowest BCUT2D eigenvalue weighted by atomic mass is 10.1. The van der Waals surface area contributed by atoms with Gasteiger partial charge in [0, 0.05) is 47.5 Å². The summed E-state index contributed by atoms with van der Waals surface area (Å²) < 4.78 is 43.1. The van der Waals surface area contributed by atoms with Crippen molar-refractivity contribution in [1.29, 1.82) is 0 Å². The van der Waals surface area contributed by atoms with Crippen molar-refractivity contribution in [1.82, 2.24) is 19.7 Å². The van der Waals surface area contributed by atoms with Crippen LogP contribution in [0.15, 0.2) is 85.3 Å². The molecule has 11 heteroatoms. The monoisotopic (exact) mass is 558 g/mol. The maximum Gasteiger partial charge on any atom is 0.573 e. The van der Waals surface area contributed by atoms with Crippen molar-refractivity contribution in [2.45, 2.75) is 20.2 Å². The normalized spacial score (nSPS) is 11.3. The molecule has 5 aromatic rings. The topological polar surface area (TPSA) is 94.0 Å². The van der Waals surface area contributed by atoms with E-state index in [0.717, 1.165) is 22.3 Å². The molecule has 2 aromatic heterocycles. The van der Waals surface area contributed by atoms with Crippen LogP contribution in [-0.4, -0.2) is 32.0 Å². The number of aryl methyl sites for hydroxylation is 3. The van der Waals surface area contributed by atoms with Crippen LogP contribution in [0.5, 0.6) is 5.75 Å². The smallest absolute Gasteiger partial charge is 0.406 e. The van der Waals surface area contributed by atoms with Crippen LogP contribution in [0.2, 0.25) is 0 Å². The molecule has 0 aliphatic rings. The molecular weight excluding hydrogens is 533 g/mol. The first-order valence-electron chi connectivity index (χ1n) is 12.5. The Labute approximate surface area is 233 Å². The zero-order chi connectivity index (χ0) is 29.1. The average Bonchev–Trinajstić information content (AvgIpc) is 3.37. The number of nitrogens with zero attached hydrogens (tertiary/aromatic N) is 4. The second-order valence-corrected chi connectivity index (χ2v) is 9.39. The second kappa shape index (κ2) is 11.1. The van der Waals surface area contributed by atoms with Crippen LogP contribution in [0.3, 0.4) is 0 Å². The predicted octanol–water partition coefficient (Wildman–Crippen LogP) is 7.06. The number of hydrogen-bond donors (Lipinski definition) is 2. The van der Waals surface area contributed by atoms with Gasteiger partial charge in [0.25, 0.3) is 5.91 Å². The second-order valence-electron chi connectivity index (χ2n) is 9.39. The lowest BCUT2D eigenvalue weighted by Gasteiger charge is -2.12. The number of nitrogens with one attached hydrogen (secondary N) is 2. The Morgan fingerprint density at radius 2 is 1.59 bits per heavy atom. The molecule has 0 fully saturated rings. The Kier molecular flexibility index (Phi) is 7.43. The minimum atomic E-state index is -4.76. The van der Waals surface area contributed by atoms with Gasteiger partial charge >= 0.3 is 6.36 Å². The van der Waals surface area contributed by atoms with E-state index in [4.69, 9.17) is 0 Å². The number of benzene rings is 3. The van der Waals surface area contributed by atoms with Gasteiger partial charge in [-0.25, -0.2) is 9.97 Å². The number of anilines is 3. The molecule has 2 heterocycles. The highest BCUT2D eigenvalue weighted by atomic mass is 19.4. The summed E-state index contributed by atoms with van der Waals surface area (Å²) in [5.74, 6) is -0.275. The summed E-state index contributed by atoms with van der Waals surface area (Å²) in [4.78, 5) is 21.8. The summed E-state index contributed by atoms with van der Waals surface area (Å²) in [6.45, 7) is 3.73. The molecule has 0 aliphatic heterocycles. The number of amides is 1. The Morgan fingerprint density at radius 1 is 0.878 bits per heavy atom. The first-order chi connectivity index (χ1) is 19.5. The molecule has 0 unspecified atom stereocenters. The van der Waals surface area contributed by atoms with Gasteiger partial charge in [-0.1, -0.05) is 12.1 Å². The highest BCUT2D eigenvalue weighted by molar-refractivity contribution is 6.05. The van der Waals surface area contributed by atoms with E-state index in [0.29, 0.717) is 34.1 Å². The predicted molar refractivity (Wildman–Crippen MR) is 150 cm³/mol. The van der Waals surface area contributed by atoms with Crippen LogP contribution in [0.1, 0.15) is 21.5 Å². The highest BCUT2D eigenvalue weighted by Gasteiger charge is 2.31.